The van der Waals surface area contributed by atoms with Crippen molar-refractivity contribution in [2.45, 2.75) is 71.1 Å². The summed E-state index contributed by atoms with van der Waals surface area (Å²) in [7, 11) is 0. The molecule has 0 bridgehead atoms. The first-order valence-electron chi connectivity index (χ1n) is 9.73. The number of ether oxygens (including phenoxy) is 1. The number of hydrogen-bond acceptors (Lipinski definition) is 3. The normalized spacial score (nSPS) is 22.2. The molecule has 0 aliphatic carbocycles. The molecule has 138 valence electrons. The lowest BCUT2D eigenvalue weighted by Gasteiger charge is -2.29. The zero-order valence-corrected chi connectivity index (χ0v) is 16.0. The Balaban J connectivity index is 1.69. The van der Waals surface area contributed by atoms with Crippen LogP contribution < -0.4 is 0 Å². The molecule has 1 atom stereocenters. The highest BCUT2D eigenvalue weighted by Crippen LogP contribution is 2.33. The van der Waals surface area contributed by atoms with E-state index in [9.17, 15) is 4.79 Å². The van der Waals surface area contributed by atoms with Gasteiger partial charge in [-0.05, 0) is 70.7 Å². The van der Waals surface area contributed by atoms with Crippen molar-refractivity contribution in [1.29, 1.82) is 0 Å². The molecule has 0 aromatic heterocycles. The van der Waals surface area contributed by atoms with Gasteiger partial charge in [-0.3, -0.25) is 4.90 Å². The van der Waals surface area contributed by atoms with Gasteiger partial charge in [-0.2, -0.15) is 0 Å². The van der Waals surface area contributed by atoms with Gasteiger partial charge in [-0.15, -0.1) is 0 Å². The molecule has 2 aliphatic rings. The van der Waals surface area contributed by atoms with Crippen molar-refractivity contribution in [3.63, 3.8) is 0 Å². The molecule has 2 fully saturated rings. The summed E-state index contributed by atoms with van der Waals surface area (Å²) in [6.07, 6.45) is 5.87. The standard InChI is InChI=1S/C21H32N2O2/c1-21(2,3)25-20(24)23-14-8-11-19(23)18-10-7-9-17(15-18)16-22-12-5-4-6-13-22/h7,9-10,15,19H,4-6,8,11-14,16H2,1-3H3. The van der Waals surface area contributed by atoms with Crippen LogP contribution in [-0.2, 0) is 11.3 Å². The number of nitrogens with zero attached hydrogens (tertiary/aromatic N) is 2. The van der Waals surface area contributed by atoms with Crippen molar-refractivity contribution in [3.05, 3.63) is 35.4 Å². The van der Waals surface area contributed by atoms with Crippen molar-refractivity contribution in [2.75, 3.05) is 19.6 Å². The highest BCUT2D eigenvalue weighted by atomic mass is 16.6. The minimum absolute atomic E-state index is 0.149. The molecule has 0 spiro atoms. The number of benzene rings is 1. The molecule has 25 heavy (non-hydrogen) atoms. The van der Waals surface area contributed by atoms with Gasteiger partial charge in [0.05, 0.1) is 6.04 Å². The number of likely N-dealkylation sites (tertiary alicyclic amines) is 2. The molecular weight excluding hydrogens is 312 g/mol. The zero-order chi connectivity index (χ0) is 17.9. The molecule has 4 heteroatoms. The van der Waals surface area contributed by atoms with E-state index in [4.69, 9.17) is 4.74 Å². The highest BCUT2D eigenvalue weighted by Gasteiger charge is 2.33. The minimum atomic E-state index is -0.444. The highest BCUT2D eigenvalue weighted by molar-refractivity contribution is 5.69. The van der Waals surface area contributed by atoms with E-state index in [0.29, 0.717) is 0 Å². The Morgan fingerprint density at radius 1 is 1.12 bits per heavy atom. The topological polar surface area (TPSA) is 32.8 Å². The second kappa shape index (κ2) is 7.77. The van der Waals surface area contributed by atoms with Crippen molar-refractivity contribution < 1.29 is 9.53 Å². The lowest BCUT2D eigenvalue weighted by atomic mass is 10.0. The van der Waals surface area contributed by atoms with Gasteiger partial charge in [0, 0.05) is 13.1 Å². The van der Waals surface area contributed by atoms with Crippen LogP contribution in [0.3, 0.4) is 0 Å². The van der Waals surface area contributed by atoms with E-state index in [1.54, 1.807) is 0 Å². The molecule has 2 aliphatic heterocycles. The molecule has 1 aromatic rings. The van der Waals surface area contributed by atoms with Crippen molar-refractivity contribution in [3.8, 4) is 0 Å². The Bertz CT molecular complexity index is 588. The third-order valence-electron chi connectivity index (χ3n) is 5.07. The van der Waals surface area contributed by atoms with Crippen LogP contribution in [0.5, 0.6) is 0 Å². The van der Waals surface area contributed by atoms with Gasteiger partial charge in [0.1, 0.15) is 5.60 Å². The molecule has 0 saturated carbocycles. The Kier molecular flexibility index (Phi) is 5.67. The maximum absolute atomic E-state index is 12.5. The van der Waals surface area contributed by atoms with E-state index < -0.39 is 5.60 Å². The van der Waals surface area contributed by atoms with Gasteiger partial charge in [0.25, 0.3) is 0 Å². The third kappa shape index (κ3) is 4.97. The first kappa shape index (κ1) is 18.2. The molecule has 2 saturated heterocycles. The molecule has 2 heterocycles. The fourth-order valence-corrected chi connectivity index (χ4v) is 3.93. The molecule has 0 N–H and O–H groups in total. The fourth-order valence-electron chi connectivity index (χ4n) is 3.93. The van der Waals surface area contributed by atoms with Crippen molar-refractivity contribution >= 4 is 6.09 Å². The van der Waals surface area contributed by atoms with Crippen LogP contribution in [0, 0.1) is 0 Å². The van der Waals surface area contributed by atoms with Crippen LogP contribution in [0.15, 0.2) is 24.3 Å². The lowest BCUT2D eigenvalue weighted by Crippen LogP contribution is -2.36. The summed E-state index contributed by atoms with van der Waals surface area (Å²) in [4.78, 5) is 17.0. The van der Waals surface area contributed by atoms with Gasteiger partial charge in [0.15, 0.2) is 0 Å². The molecule has 0 radical (unpaired) electrons. The smallest absolute Gasteiger partial charge is 0.410 e. The van der Waals surface area contributed by atoms with E-state index in [0.717, 1.165) is 25.9 Å². The second-order valence-corrected chi connectivity index (χ2v) is 8.41. The molecule has 1 unspecified atom stereocenters. The number of rotatable bonds is 3. The molecular formula is C21H32N2O2. The molecule has 1 aromatic carbocycles. The van der Waals surface area contributed by atoms with Gasteiger partial charge in [-0.25, -0.2) is 4.79 Å². The van der Waals surface area contributed by atoms with Crippen LogP contribution in [0.25, 0.3) is 0 Å². The first-order chi connectivity index (χ1) is 11.9. The zero-order valence-electron chi connectivity index (χ0n) is 16.0. The SMILES string of the molecule is CC(C)(C)OC(=O)N1CCCC1c1cccc(CN2CCCCC2)c1. The number of carbonyl (C=O) groups is 1. The quantitative estimate of drug-likeness (QED) is 0.793. The Hall–Kier alpha value is -1.55. The van der Waals surface area contributed by atoms with Gasteiger partial charge in [0.2, 0.25) is 0 Å². The monoisotopic (exact) mass is 344 g/mol. The van der Waals surface area contributed by atoms with Crippen molar-refractivity contribution in [1.82, 2.24) is 9.80 Å². The average Bonchev–Trinajstić information content (AvgIpc) is 3.04. The summed E-state index contributed by atoms with van der Waals surface area (Å²) in [5.41, 5.74) is 2.16. The number of carbonyl (C=O) groups excluding carboxylic acids is 1. The molecule has 1 amide bonds. The summed E-state index contributed by atoms with van der Waals surface area (Å²) in [6, 6.07) is 8.95. The Morgan fingerprint density at radius 2 is 1.88 bits per heavy atom. The van der Waals surface area contributed by atoms with Crippen molar-refractivity contribution in [2.24, 2.45) is 0 Å². The van der Waals surface area contributed by atoms with Gasteiger partial charge >= 0.3 is 6.09 Å². The van der Waals surface area contributed by atoms with Gasteiger partial charge < -0.3 is 9.64 Å². The van der Waals surface area contributed by atoms with Crippen LogP contribution >= 0.6 is 0 Å². The summed E-state index contributed by atoms with van der Waals surface area (Å²) < 4.78 is 5.60. The van der Waals surface area contributed by atoms with Crippen LogP contribution in [0.4, 0.5) is 4.79 Å². The van der Waals surface area contributed by atoms with E-state index in [1.165, 1.54) is 43.5 Å². The summed E-state index contributed by atoms with van der Waals surface area (Å²) in [5.74, 6) is 0. The Morgan fingerprint density at radius 3 is 2.60 bits per heavy atom. The minimum Gasteiger partial charge on any atom is -0.444 e. The van der Waals surface area contributed by atoms with E-state index in [1.807, 2.05) is 25.7 Å². The predicted molar refractivity (Wildman–Crippen MR) is 100 cm³/mol. The van der Waals surface area contributed by atoms with E-state index in [2.05, 4.69) is 29.2 Å². The summed E-state index contributed by atoms with van der Waals surface area (Å²) >= 11 is 0. The molecule has 3 rings (SSSR count). The summed E-state index contributed by atoms with van der Waals surface area (Å²) in [6.45, 7) is 10.00. The summed E-state index contributed by atoms with van der Waals surface area (Å²) in [5, 5.41) is 0. The van der Waals surface area contributed by atoms with E-state index >= 15 is 0 Å². The Labute approximate surface area is 152 Å². The lowest BCUT2D eigenvalue weighted by molar-refractivity contribution is 0.0224. The second-order valence-electron chi connectivity index (χ2n) is 8.41. The first-order valence-corrected chi connectivity index (χ1v) is 9.73. The maximum atomic E-state index is 12.5. The maximum Gasteiger partial charge on any atom is 0.410 e. The van der Waals surface area contributed by atoms with Gasteiger partial charge in [-0.1, -0.05) is 30.7 Å². The largest absolute Gasteiger partial charge is 0.444 e. The van der Waals surface area contributed by atoms with E-state index in [-0.39, 0.29) is 12.1 Å². The predicted octanol–water partition coefficient (Wildman–Crippen LogP) is 4.74. The number of amides is 1. The average molecular weight is 344 g/mol. The number of piperidine rings is 1. The number of hydrogen-bond donors (Lipinski definition) is 0. The van der Waals surface area contributed by atoms with Crippen LogP contribution in [0.2, 0.25) is 0 Å². The fraction of sp³-hybridized carbons (Fsp3) is 0.667. The van der Waals surface area contributed by atoms with Crippen LogP contribution in [0.1, 0.15) is 70.0 Å². The molecule has 4 nitrogen and oxygen atoms in total. The van der Waals surface area contributed by atoms with Crippen LogP contribution in [-0.4, -0.2) is 41.1 Å². The third-order valence-corrected chi connectivity index (χ3v) is 5.07.